The number of amides is 1. The van der Waals surface area contributed by atoms with E-state index in [2.05, 4.69) is 5.32 Å². The lowest BCUT2D eigenvalue weighted by Crippen LogP contribution is -2.17. The van der Waals surface area contributed by atoms with E-state index in [-0.39, 0.29) is 10.6 Å². The van der Waals surface area contributed by atoms with E-state index in [0.29, 0.717) is 11.3 Å². The minimum atomic E-state index is -0.623. The van der Waals surface area contributed by atoms with Crippen LogP contribution in [0.3, 0.4) is 0 Å². The molecule has 0 bridgehead atoms. The van der Waals surface area contributed by atoms with Gasteiger partial charge in [-0.15, -0.1) is 0 Å². The molecule has 1 amide bonds. The van der Waals surface area contributed by atoms with Crippen LogP contribution in [-0.4, -0.2) is 16.0 Å². The molecule has 0 unspecified atom stereocenters. The number of phenolic OH excluding ortho intramolecular Hbond substituents is 1. The maximum Gasteiger partial charge on any atom is 0.259 e. The lowest BCUT2D eigenvalue weighted by molar-refractivity contribution is 0.102. The van der Waals surface area contributed by atoms with Gasteiger partial charge in [-0.1, -0.05) is 24.4 Å². The zero-order valence-electron chi connectivity index (χ0n) is 10.3. The van der Waals surface area contributed by atoms with E-state index in [1.807, 2.05) is 0 Å². The Kier molecular flexibility index (Phi) is 3.95. The van der Waals surface area contributed by atoms with E-state index >= 15 is 0 Å². The number of carbonyl (C=O) groups excluding carboxylic acids is 1. The molecule has 0 aliphatic rings. The highest BCUT2D eigenvalue weighted by atomic mass is 32.1. The Morgan fingerprint density at radius 3 is 2.55 bits per heavy atom. The van der Waals surface area contributed by atoms with Gasteiger partial charge in [0, 0.05) is 11.6 Å². The number of hydrogen-bond donors (Lipinski definition) is 3. The average molecular weight is 290 g/mol. The quantitative estimate of drug-likeness (QED) is 0.759. The summed E-state index contributed by atoms with van der Waals surface area (Å²) in [5.74, 6) is -1.64. The predicted octanol–water partition coefficient (Wildman–Crippen LogP) is 2.42. The summed E-state index contributed by atoms with van der Waals surface area (Å²) in [6, 6.07) is 9.91. The van der Waals surface area contributed by atoms with Gasteiger partial charge < -0.3 is 16.2 Å². The van der Waals surface area contributed by atoms with Gasteiger partial charge in [-0.2, -0.15) is 0 Å². The Balaban J connectivity index is 2.30. The van der Waals surface area contributed by atoms with Crippen molar-refractivity contribution >= 4 is 28.8 Å². The molecule has 0 spiro atoms. The van der Waals surface area contributed by atoms with E-state index in [0.717, 1.165) is 12.1 Å². The Hall–Kier alpha value is -2.47. The molecule has 0 atom stereocenters. The fourth-order valence-electron chi connectivity index (χ4n) is 1.69. The molecule has 0 saturated heterocycles. The topological polar surface area (TPSA) is 75.3 Å². The second-order valence-electron chi connectivity index (χ2n) is 4.03. The summed E-state index contributed by atoms with van der Waals surface area (Å²) in [6.45, 7) is 0. The molecule has 4 nitrogen and oxygen atoms in total. The molecule has 0 radical (unpaired) electrons. The fourth-order valence-corrected chi connectivity index (χ4v) is 1.87. The average Bonchev–Trinajstić information content (AvgIpc) is 2.38. The first-order valence-corrected chi connectivity index (χ1v) is 6.08. The van der Waals surface area contributed by atoms with E-state index in [9.17, 15) is 14.3 Å². The SMILES string of the molecule is NC(=S)c1ccccc1NC(=O)c1ccc(F)cc1O. The van der Waals surface area contributed by atoms with Gasteiger partial charge in [-0.3, -0.25) is 4.79 Å². The minimum absolute atomic E-state index is 0.0378. The van der Waals surface area contributed by atoms with Gasteiger partial charge in [0.05, 0.1) is 11.3 Å². The van der Waals surface area contributed by atoms with Crippen LogP contribution in [0.15, 0.2) is 42.5 Å². The number of nitrogens with two attached hydrogens (primary N) is 1. The van der Waals surface area contributed by atoms with Crippen LogP contribution in [-0.2, 0) is 0 Å². The number of carbonyl (C=O) groups is 1. The molecule has 0 aliphatic carbocycles. The standard InChI is InChI=1S/C14H11FN2O2S/c15-8-5-6-10(12(18)7-8)14(19)17-11-4-2-1-3-9(11)13(16)20/h1-7,18H,(H2,16,20)(H,17,19). The van der Waals surface area contributed by atoms with Crippen molar-refractivity contribution in [3.63, 3.8) is 0 Å². The molecule has 102 valence electrons. The molecule has 0 aromatic heterocycles. The third-order valence-corrected chi connectivity index (χ3v) is 2.87. The first kappa shape index (κ1) is 14.0. The Morgan fingerprint density at radius 2 is 1.90 bits per heavy atom. The van der Waals surface area contributed by atoms with Gasteiger partial charge in [0.15, 0.2) is 0 Å². The maximum absolute atomic E-state index is 12.9. The molecule has 6 heteroatoms. The second-order valence-corrected chi connectivity index (χ2v) is 4.47. The lowest BCUT2D eigenvalue weighted by Gasteiger charge is -2.10. The monoisotopic (exact) mass is 290 g/mol. The van der Waals surface area contributed by atoms with Crippen LogP contribution < -0.4 is 11.1 Å². The van der Waals surface area contributed by atoms with Crippen molar-refractivity contribution in [3.05, 3.63) is 59.4 Å². The van der Waals surface area contributed by atoms with Crippen LogP contribution in [0.4, 0.5) is 10.1 Å². The molecule has 0 fully saturated rings. The van der Waals surface area contributed by atoms with Crippen molar-refractivity contribution < 1.29 is 14.3 Å². The third kappa shape index (κ3) is 2.92. The summed E-state index contributed by atoms with van der Waals surface area (Å²) in [4.78, 5) is 12.2. The zero-order chi connectivity index (χ0) is 14.7. The van der Waals surface area contributed by atoms with E-state index < -0.39 is 17.5 Å². The summed E-state index contributed by atoms with van der Waals surface area (Å²) in [6.07, 6.45) is 0. The molecule has 2 rings (SSSR count). The van der Waals surface area contributed by atoms with E-state index in [4.69, 9.17) is 18.0 Å². The Bertz CT molecular complexity index is 689. The van der Waals surface area contributed by atoms with Crippen LogP contribution >= 0.6 is 12.2 Å². The highest BCUT2D eigenvalue weighted by molar-refractivity contribution is 7.80. The fraction of sp³-hybridized carbons (Fsp3) is 0. The first-order valence-electron chi connectivity index (χ1n) is 5.67. The Labute approximate surface area is 120 Å². The summed E-state index contributed by atoms with van der Waals surface area (Å²) in [5.41, 5.74) is 6.46. The molecule has 0 saturated carbocycles. The molecule has 2 aromatic carbocycles. The molecular formula is C14H11FN2O2S. The van der Waals surface area contributed by atoms with E-state index in [1.54, 1.807) is 24.3 Å². The number of thiocarbonyl (C=S) groups is 1. The van der Waals surface area contributed by atoms with Gasteiger partial charge >= 0.3 is 0 Å². The molecule has 0 heterocycles. The van der Waals surface area contributed by atoms with Crippen LogP contribution in [0.25, 0.3) is 0 Å². The van der Waals surface area contributed by atoms with Crippen molar-refractivity contribution in [1.82, 2.24) is 0 Å². The number of aromatic hydroxyl groups is 1. The van der Waals surface area contributed by atoms with Gasteiger partial charge in [0.2, 0.25) is 0 Å². The molecule has 0 aliphatic heterocycles. The van der Waals surface area contributed by atoms with Crippen LogP contribution in [0.2, 0.25) is 0 Å². The highest BCUT2D eigenvalue weighted by Gasteiger charge is 2.14. The van der Waals surface area contributed by atoms with Crippen molar-refractivity contribution in [1.29, 1.82) is 0 Å². The molecule has 2 aromatic rings. The van der Waals surface area contributed by atoms with Crippen LogP contribution in [0.5, 0.6) is 5.75 Å². The number of phenols is 1. The summed E-state index contributed by atoms with van der Waals surface area (Å²) in [5, 5.41) is 12.1. The number of anilines is 1. The normalized spacial score (nSPS) is 10.1. The Morgan fingerprint density at radius 1 is 1.20 bits per heavy atom. The molecule has 20 heavy (non-hydrogen) atoms. The number of halogens is 1. The van der Waals surface area contributed by atoms with E-state index in [1.165, 1.54) is 6.07 Å². The van der Waals surface area contributed by atoms with Gasteiger partial charge in [0.1, 0.15) is 16.6 Å². The van der Waals surface area contributed by atoms with Crippen molar-refractivity contribution in [3.8, 4) is 5.75 Å². The van der Waals surface area contributed by atoms with Crippen molar-refractivity contribution in [2.45, 2.75) is 0 Å². The summed E-state index contributed by atoms with van der Waals surface area (Å²) in [7, 11) is 0. The predicted molar refractivity (Wildman–Crippen MR) is 78.3 cm³/mol. The highest BCUT2D eigenvalue weighted by Crippen LogP contribution is 2.21. The lowest BCUT2D eigenvalue weighted by atomic mass is 10.1. The van der Waals surface area contributed by atoms with Gasteiger partial charge in [-0.25, -0.2) is 4.39 Å². The maximum atomic E-state index is 12.9. The number of hydrogen-bond acceptors (Lipinski definition) is 3. The second kappa shape index (κ2) is 5.66. The summed E-state index contributed by atoms with van der Waals surface area (Å²) >= 11 is 4.89. The summed E-state index contributed by atoms with van der Waals surface area (Å²) < 4.78 is 12.9. The number of para-hydroxylation sites is 1. The smallest absolute Gasteiger partial charge is 0.259 e. The number of rotatable bonds is 3. The van der Waals surface area contributed by atoms with Crippen molar-refractivity contribution in [2.24, 2.45) is 5.73 Å². The van der Waals surface area contributed by atoms with Crippen LogP contribution in [0.1, 0.15) is 15.9 Å². The number of nitrogens with one attached hydrogen (secondary N) is 1. The van der Waals surface area contributed by atoms with Crippen molar-refractivity contribution in [2.75, 3.05) is 5.32 Å². The first-order chi connectivity index (χ1) is 9.49. The minimum Gasteiger partial charge on any atom is -0.507 e. The largest absolute Gasteiger partial charge is 0.507 e. The third-order valence-electron chi connectivity index (χ3n) is 2.65. The molecular weight excluding hydrogens is 279 g/mol. The van der Waals surface area contributed by atoms with Crippen LogP contribution in [0, 0.1) is 5.82 Å². The van der Waals surface area contributed by atoms with Gasteiger partial charge in [-0.05, 0) is 24.3 Å². The molecule has 4 N–H and O–H groups in total. The van der Waals surface area contributed by atoms with Gasteiger partial charge in [0.25, 0.3) is 5.91 Å². The zero-order valence-corrected chi connectivity index (χ0v) is 11.1. The number of benzene rings is 2.